The van der Waals surface area contributed by atoms with Crippen LogP contribution in [-0.4, -0.2) is 28.1 Å². The molecule has 1 saturated heterocycles. The Morgan fingerprint density at radius 3 is 2.74 bits per heavy atom. The Balaban J connectivity index is 2.01. The van der Waals surface area contributed by atoms with Crippen molar-refractivity contribution in [2.45, 2.75) is 51.7 Å². The van der Waals surface area contributed by atoms with E-state index >= 15 is 0 Å². The van der Waals surface area contributed by atoms with Gasteiger partial charge in [-0.25, -0.2) is 4.79 Å². The van der Waals surface area contributed by atoms with Gasteiger partial charge in [-0.15, -0.1) is 11.3 Å². The second-order valence-electron chi connectivity index (χ2n) is 5.28. The van der Waals surface area contributed by atoms with Crippen LogP contribution in [0.2, 0.25) is 0 Å². The van der Waals surface area contributed by atoms with Crippen LogP contribution in [0.1, 0.15) is 42.9 Å². The number of carboxylic acids is 1. The highest BCUT2D eigenvalue weighted by atomic mass is 32.1. The van der Waals surface area contributed by atoms with Gasteiger partial charge in [0.25, 0.3) is 0 Å². The number of carbonyl (C=O) groups is 1. The van der Waals surface area contributed by atoms with Crippen molar-refractivity contribution in [2.24, 2.45) is 0 Å². The van der Waals surface area contributed by atoms with Crippen molar-refractivity contribution in [1.82, 2.24) is 4.90 Å². The topological polar surface area (TPSA) is 40.5 Å². The number of rotatable bonds is 4. The summed E-state index contributed by atoms with van der Waals surface area (Å²) in [6.07, 6.45) is 6.75. The van der Waals surface area contributed by atoms with E-state index in [9.17, 15) is 4.79 Å². The standard InChI is InChI=1S/C15H21NO2S/c1-11-4-3-5-12(2)16(11)10-14-7-6-13(19-14)8-9-15(17)18/h6-9,11-12H,3-5,10H2,1-2H3,(H,17,18)/b9-8+/t11-,12+. The lowest BCUT2D eigenvalue weighted by molar-refractivity contribution is -0.131. The predicted octanol–water partition coefficient (Wildman–Crippen LogP) is 3.61. The van der Waals surface area contributed by atoms with Crippen LogP contribution in [0.3, 0.4) is 0 Å². The smallest absolute Gasteiger partial charge is 0.328 e. The number of likely N-dealkylation sites (tertiary alicyclic amines) is 1. The molecule has 0 saturated carbocycles. The fourth-order valence-corrected chi connectivity index (χ4v) is 3.61. The Hall–Kier alpha value is -1.13. The van der Waals surface area contributed by atoms with Crippen LogP contribution < -0.4 is 0 Å². The third-order valence-corrected chi connectivity index (χ3v) is 4.82. The van der Waals surface area contributed by atoms with Crippen molar-refractivity contribution < 1.29 is 9.90 Å². The Kier molecular flexibility index (Phi) is 4.77. The largest absolute Gasteiger partial charge is 0.478 e. The third kappa shape index (κ3) is 3.91. The molecule has 1 N–H and O–H groups in total. The first-order chi connectivity index (χ1) is 9.06. The molecule has 1 aromatic rings. The van der Waals surface area contributed by atoms with E-state index in [2.05, 4.69) is 24.8 Å². The lowest BCUT2D eigenvalue weighted by Gasteiger charge is -2.38. The quantitative estimate of drug-likeness (QED) is 0.856. The molecule has 19 heavy (non-hydrogen) atoms. The molecule has 2 atom stereocenters. The Morgan fingerprint density at radius 1 is 1.42 bits per heavy atom. The minimum atomic E-state index is -0.895. The minimum Gasteiger partial charge on any atom is -0.478 e. The first-order valence-corrected chi connectivity index (χ1v) is 7.63. The van der Waals surface area contributed by atoms with Gasteiger partial charge in [-0.2, -0.15) is 0 Å². The first-order valence-electron chi connectivity index (χ1n) is 6.81. The molecular weight excluding hydrogens is 258 g/mol. The summed E-state index contributed by atoms with van der Waals surface area (Å²) < 4.78 is 0. The summed E-state index contributed by atoms with van der Waals surface area (Å²) in [5.74, 6) is -0.895. The van der Waals surface area contributed by atoms with Gasteiger partial charge in [-0.3, -0.25) is 4.90 Å². The lowest BCUT2D eigenvalue weighted by atomic mass is 9.97. The van der Waals surface area contributed by atoms with Crippen LogP contribution >= 0.6 is 11.3 Å². The highest BCUT2D eigenvalue weighted by molar-refractivity contribution is 7.12. The summed E-state index contributed by atoms with van der Waals surface area (Å²) in [6.45, 7) is 5.58. The van der Waals surface area contributed by atoms with Gasteiger partial charge in [0.05, 0.1) is 0 Å². The molecule has 0 aromatic carbocycles. The highest BCUT2D eigenvalue weighted by Gasteiger charge is 2.24. The van der Waals surface area contributed by atoms with Crippen LogP contribution in [0.5, 0.6) is 0 Å². The van der Waals surface area contributed by atoms with Gasteiger partial charge in [-0.1, -0.05) is 6.42 Å². The van der Waals surface area contributed by atoms with E-state index in [-0.39, 0.29) is 0 Å². The molecule has 0 radical (unpaired) electrons. The molecule has 0 bridgehead atoms. The molecule has 1 aliphatic rings. The lowest BCUT2D eigenvalue weighted by Crippen LogP contribution is -2.42. The minimum absolute atomic E-state index is 0.642. The van der Waals surface area contributed by atoms with E-state index in [1.807, 2.05) is 6.07 Å². The van der Waals surface area contributed by atoms with E-state index in [4.69, 9.17) is 5.11 Å². The Labute approximate surface area is 118 Å². The van der Waals surface area contributed by atoms with E-state index < -0.39 is 5.97 Å². The van der Waals surface area contributed by atoms with Crippen molar-refractivity contribution in [1.29, 1.82) is 0 Å². The van der Waals surface area contributed by atoms with Crippen molar-refractivity contribution >= 4 is 23.4 Å². The van der Waals surface area contributed by atoms with E-state index in [1.165, 1.54) is 30.2 Å². The number of thiophene rings is 1. The summed E-state index contributed by atoms with van der Waals surface area (Å²) in [6, 6.07) is 5.40. The molecule has 1 aromatic heterocycles. The summed E-state index contributed by atoms with van der Waals surface area (Å²) in [7, 11) is 0. The number of nitrogens with zero attached hydrogens (tertiary/aromatic N) is 1. The summed E-state index contributed by atoms with van der Waals surface area (Å²) in [4.78, 5) is 15.4. The summed E-state index contributed by atoms with van der Waals surface area (Å²) >= 11 is 1.68. The molecule has 1 aliphatic heterocycles. The summed E-state index contributed by atoms with van der Waals surface area (Å²) in [5.41, 5.74) is 0. The molecule has 2 heterocycles. The SMILES string of the molecule is C[C@@H]1CCC[C@H](C)N1Cc1ccc(/C=C/C(=O)O)s1. The average Bonchev–Trinajstić information content (AvgIpc) is 2.79. The molecule has 0 amide bonds. The van der Waals surface area contributed by atoms with E-state index in [0.29, 0.717) is 12.1 Å². The number of piperidine rings is 1. The molecule has 0 aliphatic carbocycles. The van der Waals surface area contributed by atoms with Gasteiger partial charge in [-0.05, 0) is 44.9 Å². The number of hydrogen-bond acceptors (Lipinski definition) is 3. The van der Waals surface area contributed by atoms with Gasteiger partial charge < -0.3 is 5.11 Å². The Bertz CT molecular complexity index is 456. The highest BCUT2D eigenvalue weighted by Crippen LogP contribution is 2.27. The van der Waals surface area contributed by atoms with Gasteiger partial charge in [0.15, 0.2) is 0 Å². The fraction of sp³-hybridized carbons (Fsp3) is 0.533. The maximum absolute atomic E-state index is 10.5. The molecule has 104 valence electrons. The zero-order valence-electron chi connectivity index (χ0n) is 11.5. The fourth-order valence-electron chi connectivity index (χ4n) is 2.69. The van der Waals surface area contributed by atoms with Gasteiger partial charge in [0, 0.05) is 34.5 Å². The normalized spacial score (nSPS) is 24.9. The molecular formula is C15H21NO2S. The van der Waals surface area contributed by atoms with Crippen LogP contribution in [0.25, 0.3) is 6.08 Å². The van der Waals surface area contributed by atoms with Crippen LogP contribution in [0, 0.1) is 0 Å². The van der Waals surface area contributed by atoms with E-state index in [1.54, 1.807) is 17.4 Å². The average molecular weight is 279 g/mol. The second-order valence-corrected chi connectivity index (χ2v) is 6.48. The van der Waals surface area contributed by atoms with E-state index in [0.717, 1.165) is 11.4 Å². The molecule has 0 spiro atoms. The second kappa shape index (κ2) is 6.35. The summed E-state index contributed by atoms with van der Waals surface area (Å²) in [5, 5.41) is 8.62. The Morgan fingerprint density at radius 2 is 2.11 bits per heavy atom. The van der Waals surface area contributed by atoms with Crippen molar-refractivity contribution in [3.05, 3.63) is 28.0 Å². The molecule has 4 heteroatoms. The van der Waals surface area contributed by atoms with Gasteiger partial charge in [0.1, 0.15) is 0 Å². The van der Waals surface area contributed by atoms with Crippen LogP contribution in [-0.2, 0) is 11.3 Å². The maximum Gasteiger partial charge on any atom is 0.328 e. The molecule has 0 unspecified atom stereocenters. The zero-order chi connectivity index (χ0) is 13.8. The molecule has 3 nitrogen and oxygen atoms in total. The number of aliphatic carboxylic acids is 1. The van der Waals surface area contributed by atoms with Gasteiger partial charge in [0.2, 0.25) is 0 Å². The maximum atomic E-state index is 10.5. The predicted molar refractivity (Wildman–Crippen MR) is 79.3 cm³/mol. The number of carboxylic acid groups (broad SMARTS) is 1. The molecule has 1 fully saturated rings. The first kappa shape index (κ1) is 14.3. The van der Waals surface area contributed by atoms with Crippen LogP contribution in [0.4, 0.5) is 0 Å². The third-order valence-electron chi connectivity index (χ3n) is 3.79. The van der Waals surface area contributed by atoms with Crippen molar-refractivity contribution in [3.63, 3.8) is 0 Å². The van der Waals surface area contributed by atoms with Crippen molar-refractivity contribution in [3.8, 4) is 0 Å². The molecule has 2 rings (SSSR count). The van der Waals surface area contributed by atoms with Gasteiger partial charge >= 0.3 is 5.97 Å². The van der Waals surface area contributed by atoms with Crippen LogP contribution in [0.15, 0.2) is 18.2 Å². The van der Waals surface area contributed by atoms with Crippen molar-refractivity contribution in [2.75, 3.05) is 0 Å². The number of hydrogen-bond donors (Lipinski definition) is 1. The zero-order valence-corrected chi connectivity index (χ0v) is 12.3. The monoisotopic (exact) mass is 279 g/mol.